The van der Waals surface area contributed by atoms with Crippen molar-refractivity contribution >= 4 is 22.6 Å². The zero-order valence-corrected chi connectivity index (χ0v) is 13.9. The Balaban J connectivity index is 0.00000176. The molecule has 0 aromatic heterocycles. The Labute approximate surface area is 137 Å². The van der Waals surface area contributed by atoms with Gasteiger partial charge in [-0.1, -0.05) is 12.1 Å². The van der Waals surface area contributed by atoms with Gasteiger partial charge in [0.25, 0.3) is 10.2 Å². The molecule has 3 rings (SSSR count). The van der Waals surface area contributed by atoms with Gasteiger partial charge in [0.2, 0.25) is 0 Å². The van der Waals surface area contributed by atoms with E-state index >= 15 is 0 Å². The van der Waals surface area contributed by atoms with Gasteiger partial charge >= 0.3 is 0 Å². The highest BCUT2D eigenvalue weighted by molar-refractivity contribution is 7.86. The molecule has 2 heterocycles. The lowest BCUT2D eigenvalue weighted by atomic mass is 10.1. The molecule has 0 amide bonds. The molecular formula is C14H21ClFN3O2S. The van der Waals surface area contributed by atoms with Crippen LogP contribution in [0.25, 0.3) is 0 Å². The molecule has 1 N–H and O–H groups in total. The number of hydrogen-bond acceptors (Lipinski definition) is 3. The molecule has 1 unspecified atom stereocenters. The van der Waals surface area contributed by atoms with E-state index in [4.69, 9.17) is 0 Å². The first-order valence-electron chi connectivity index (χ1n) is 7.32. The van der Waals surface area contributed by atoms with Gasteiger partial charge in [0.1, 0.15) is 5.82 Å². The van der Waals surface area contributed by atoms with Crippen LogP contribution in [0.4, 0.5) is 4.39 Å². The van der Waals surface area contributed by atoms with Crippen molar-refractivity contribution in [2.24, 2.45) is 0 Å². The van der Waals surface area contributed by atoms with Gasteiger partial charge in [0.15, 0.2) is 0 Å². The predicted octanol–water partition coefficient (Wildman–Crippen LogP) is 1.53. The average molecular weight is 350 g/mol. The van der Waals surface area contributed by atoms with Crippen molar-refractivity contribution in [1.82, 2.24) is 13.9 Å². The lowest BCUT2D eigenvalue weighted by Gasteiger charge is -2.37. The molecule has 0 radical (unpaired) electrons. The van der Waals surface area contributed by atoms with E-state index in [1.807, 2.05) is 0 Å². The fraction of sp³-hybridized carbons (Fsp3) is 0.571. The van der Waals surface area contributed by atoms with Crippen molar-refractivity contribution < 1.29 is 12.8 Å². The highest BCUT2D eigenvalue weighted by atomic mass is 35.5. The highest BCUT2D eigenvalue weighted by Crippen LogP contribution is 2.28. The smallest absolute Gasteiger partial charge is 0.282 e. The van der Waals surface area contributed by atoms with E-state index in [9.17, 15) is 12.8 Å². The second-order valence-corrected chi connectivity index (χ2v) is 7.38. The molecule has 2 saturated heterocycles. The summed E-state index contributed by atoms with van der Waals surface area (Å²) >= 11 is 0. The number of benzene rings is 1. The van der Waals surface area contributed by atoms with E-state index in [0.717, 1.165) is 12.8 Å². The second kappa shape index (κ2) is 7.23. The van der Waals surface area contributed by atoms with Gasteiger partial charge in [-0.2, -0.15) is 17.0 Å². The van der Waals surface area contributed by atoms with E-state index in [0.29, 0.717) is 38.3 Å². The molecule has 2 aliphatic rings. The first-order chi connectivity index (χ1) is 10.1. The van der Waals surface area contributed by atoms with Gasteiger partial charge in [-0.15, -0.1) is 12.4 Å². The highest BCUT2D eigenvalue weighted by Gasteiger charge is 2.38. The zero-order valence-electron chi connectivity index (χ0n) is 12.2. The number of hydrogen-bond donors (Lipinski definition) is 1. The number of rotatable bonds is 3. The van der Waals surface area contributed by atoms with Gasteiger partial charge in [-0.25, -0.2) is 4.39 Å². The Hall–Kier alpha value is -0.730. The zero-order chi connectivity index (χ0) is 14.9. The molecule has 1 atom stereocenters. The van der Waals surface area contributed by atoms with Crippen molar-refractivity contribution in [3.8, 4) is 0 Å². The maximum atomic E-state index is 13.4. The SMILES string of the molecule is Cl.O=S(=O)(N1CCCC1)N1CCNCC1c1cccc(F)c1. The van der Waals surface area contributed by atoms with Crippen molar-refractivity contribution in [3.63, 3.8) is 0 Å². The Morgan fingerprint density at radius 1 is 1.18 bits per heavy atom. The van der Waals surface area contributed by atoms with Crippen LogP contribution in [0.15, 0.2) is 24.3 Å². The molecule has 1 aromatic rings. The minimum atomic E-state index is -3.47. The number of piperazine rings is 1. The Kier molecular flexibility index (Phi) is 5.79. The topological polar surface area (TPSA) is 52.7 Å². The summed E-state index contributed by atoms with van der Waals surface area (Å²) in [6.07, 6.45) is 1.83. The molecule has 2 fully saturated rings. The average Bonchev–Trinajstić information content (AvgIpc) is 3.02. The molecule has 124 valence electrons. The fourth-order valence-electron chi connectivity index (χ4n) is 3.03. The molecule has 8 heteroatoms. The first-order valence-corrected chi connectivity index (χ1v) is 8.72. The molecule has 5 nitrogen and oxygen atoms in total. The lowest BCUT2D eigenvalue weighted by molar-refractivity contribution is 0.252. The number of nitrogens with one attached hydrogen (secondary N) is 1. The van der Waals surface area contributed by atoms with Gasteiger partial charge < -0.3 is 5.32 Å². The van der Waals surface area contributed by atoms with Crippen LogP contribution in [-0.4, -0.2) is 49.8 Å². The lowest BCUT2D eigenvalue weighted by Crippen LogP contribution is -2.52. The Bertz CT molecular complexity index is 608. The van der Waals surface area contributed by atoms with Crippen LogP contribution in [0.5, 0.6) is 0 Å². The quantitative estimate of drug-likeness (QED) is 0.900. The molecule has 0 spiro atoms. The third-order valence-corrected chi connectivity index (χ3v) is 6.16. The maximum Gasteiger partial charge on any atom is 0.282 e. The van der Waals surface area contributed by atoms with Crippen LogP contribution >= 0.6 is 12.4 Å². The molecule has 1 aromatic carbocycles. The summed E-state index contributed by atoms with van der Waals surface area (Å²) in [5, 5.41) is 3.20. The summed E-state index contributed by atoms with van der Waals surface area (Å²) in [5.41, 5.74) is 0.699. The minimum absolute atomic E-state index is 0. The molecule has 0 saturated carbocycles. The van der Waals surface area contributed by atoms with Crippen LogP contribution in [0.3, 0.4) is 0 Å². The van der Waals surface area contributed by atoms with Gasteiger partial charge in [-0.05, 0) is 30.5 Å². The summed E-state index contributed by atoms with van der Waals surface area (Å²) in [7, 11) is -3.47. The monoisotopic (exact) mass is 349 g/mol. The molecule has 0 aliphatic carbocycles. The number of nitrogens with zero attached hydrogens (tertiary/aromatic N) is 2. The van der Waals surface area contributed by atoms with Crippen LogP contribution < -0.4 is 5.32 Å². The molecular weight excluding hydrogens is 329 g/mol. The third kappa shape index (κ3) is 3.44. The minimum Gasteiger partial charge on any atom is -0.313 e. The van der Waals surface area contributed by atoms with Gasteiger partial charge in [0, 0.05) is 32.7 Å². The second-order valence-electron chi connectivity index (χ2n) is 5.50. The van der Waals surface area contributed by atoms with Crippen molar-refractivity contribution in [1.29, 1.82) is 0 Å². The Morgan fingerprint density at radius 2 is 1.91 bits per heavy atom. The fourth-order valence-corrected chi connectivity index (χ4v) is 4.88. The van der Waals surface area contributed by atoms with E-state index < -0.39 is 10.2 Å². The molecule has 2 aliphatic heterocycles. The predicted molar refractivity (Wildman–Crippen MR) is 85.7 cm³/mol. The number of halogens is 2. The van der Waals surface area contributed by atoms with Crippen molar-refractivity contribution in [2.75, 3.05) is 32.7 Å². The Morgan fingerprint density at radius 3 is 2.59 bits per heavy atom. The van der Waals surface area contributed by atoms with E-state index in [2.05, 4.69) is 5.32 Å². The van der Waals surface area contributed by atoms with E-state index in [1.54, 1.807) is 16.4 Å². The first kappa shape index (κ1) is 17.6. The van der Waals surface area contributed by atoms with E-state index in [-0.39, 0.29) is 24.3 Å². The van der Waals surface area contributed by atoms with Gasteiger partial charge in [-0.3, -0.25) is 0 Å². The van der Waals surface area contributed by atoms with Crippen molar-refractivity contribution in [3.05, 3.63) is 35.6 Å². The van der Waals surface area contributed by atoms with Crippen LogP contribution in [0.1, 0.15) is 24.4 Å². The van der Waals surface area contributed by atoms with E-state index in [1.165, 1.54) is 16.4 Å². The normalized spacial score (nSPS) is 24.1. The van der Waals surface area contributed by atoms with Crippen molar-refractivity contribution in [2.45, 2.75) is 18.9 Å². The van der Waals surface area contributed by atoms with Gasteiger partial charge in [0.05, 0.1) is 6.04 Å². The summed E-state index contributed by atoms with van der Waals surface area (Å²) in [4.78, 5) is 0. The summed E-state index contributed by atoms with van der Waals surface area (Å²) < 4.78 is 42.1. The summed E-state index contributed by atoms with van der Waals surface area (Å²) in [6, 6.07) is 5.86. The van der Waals surface area contributed by atoms with Crippen LogP contribution in [-0.2, 0) is 10.2 Å². The largest absolute Gasteiger partial charge is 0.313 e. The summed E-state index contributed by atoms with van der Waals surface area (Å²) in [5.74, 6) is -0.336. The molecule has 22 heavy (non-hydrogen) atoms. The standard InChI is InChI=1S/C14H20FN3O2S.ClH/c15-13-5-3-4-12(10-13)14-11-16-6-9-18(14)21(19,20)17-7-1-2-8-17;/h3-5,10,14,16H,1-2,6-9,11H2;1H. The van der Waals surface area contributed by atoms with Crippen LogP contribution in [0.2, 0.25) is 0 Å². The third-order valence-electron chi connectivity index (χ3n) is 4.12. The maximum absolute atomic E-state index is 13.4. The summed E-state index contributed by atoms with van der Waals surface area (Å²) in [6.45, 7) is 2.72. The molecule has 0 bridgehead atoms. The van der Waals surface area contributed by atoms with Crippen LogP contribution in [0, 0.1) is 5.82 Å².